The SMILES string of the molecule is [O-]C1=C[n+]2ccccc2OC1. The zero-order chi connectivity index (χ0) is 7.68. The quantitative estimate of drug-likeness (QED) is 0.467. The van der Waals surface area contributed by atoms with Gasteiger partial charge in [-0.05, 0) is 11.8 Å². The van der Waals surface area contributed by atoms with Gasteiger partial charge in [0.15, 0.2) is 12.4 Å². The zero-order valence-electron chi connectivity index (χ0n) is 5.86. The normalized spacial score (nSPS) is 14.7. The molecule has 11 heavy (non-hydrogen) atoms. The predicted molar refractivity (Wildman–Crippen MR) is 36.4 cm³/mol. The van der Waals surface area contributed by atoms with Crippen LogP contribution in [-0.2, 0) is 0 Å². The van der Waals surface area contributed by atoms with E-state index in [2.05, 4.69) is 0 Å². The van der Waals surface area contributed by atoms with Crippen molar-refractivity contribution in [3.8, 4) is 5.88 Å². The Balaban J connectivity index is 2.51. The summed E-state index contributed by atoms with van der Waals surface area (Å²) in [6.07, 6.45) is 3.31. The summed E-state index contributed by atoms with van der Waals surface area (Å²) in [7, 11) is 0. The van der Waals surface area contributed by atoms with Crippen molar-refractivity contribution < 1.29 is 14.4 Å². The van der Waals surface area contributed by atoms with Gasteiger partial charge in [0.05, 0.1) is 6.07 Å². The molecule has 0 bridgehead atoms. The average Bonchev–Trinajstić information content (AvgIpc) is 2.04. The van der Waals surface area contributed by atoms with E-state index in [0.29, 0.717) is 5.88 Å². The highest BCUT2D eigenvalue weighted by atomic mass is 16.5. The van der Waals surface area contributed by atoms with Crippen molar-refractivity contribution >= 4 is 6.20 Å². The summed E-state index contributed by atoms with van der Waals surface area (Å²) < 4.78 is 6.79. The molecule has 0 unspecified atom stereocenters. The lowest BCUT2D eigenvalue weighted by Gasteiger charge is -2.14. The van der Waals surface area contributed by atoms with Crippen LogP contribution in [0.5, 0.6) is 5.88 Å². The van der Waals surface area contributed by atoms with Gasteiger partial charge in [-0.15, -0.1) is 4.57 Å². The van der Waals surface area contributed by atoms with Crippen molar-refractivity contribution in [3.63, 3.8) is 0 Å². The number of hydrogen-bond acceptors (Lipinski definition) is 2. The smallest absolute Gasteiger partial charge is 0.373 e. The first-order valence-corrected chi connectivity index (χ1v) is 3.37. The van der Waals surface area contributed by atoms with Crippen molar-refractivity contribution in [3.05, 3.63) is 30.2 Å². The Morgan fingerprint density at radius 2 is 2.36 bits per heavy atom. The first-order chi connectivity index (χ1) is 5.36. The van der Waals surface area contributed by atoms with Gasteiger partial charge in [0.1, 0.15) is 6.61 Å². The van der Waals surface area contributed by atoms with Gasteiger partial charge in [0.25, 0.3) is 0 Å². The van der Waals surface area contributed by atoms with Gasteiger partial charge in [-0.2, -0.15) is 0 Å². The standard InChI is InChI=1S/C8H7NO2/c10-7-5-9-4-2-1-3-8(9)11-6-7/h1-5H,6H2. The summed E-state index contributed by atoms with van der Waals surface area (Å²) in [6, 6.07) is 5.54. The van der Waals surface area contributed by atoms with E-state index < -0.39 is 0 Å². The summed E-state index contributed by atoms with van der Waals surface area (Å²) in [4.78, 5) is 0. The maximum atomic E-state index is 10.8. The van der Waals surface area contributed by atoms with E-state index in [1.807, 2.05) is 18.2 Å². The third-order valence-electron chi connectivity index (χ3n) is 1.50. The Labute approximate surface area is 64.2 Å². The molecule has 0 aliphatic carbocycles. The van der Waals surface area contributed by atoms with E-state index in [-0.39, 0.29) is 12.4 Å². The van der Waals surface area contributed by atoms with Crippen LogP contribution < -0.4 is 14.4 Å². The zero-order valence-corrected chi connectivity index (χ0v) is 5.86. The van der Waals surface area contributed by atoms with Crippen molar-refractivity contribution in [1.29, 1.82) is 0 Å². The second kappa shape index (κ2) is 2.27. The minimum absolute atomic E-state index is 0.00583. The molecule has 1 aliphatic heterocycles. The summed E-state index contributed by atoms with van der Waals surface area (Å²) >= 11 is 0. The minimum atomic E-state index is -0.00583. The summed E-state index contributed by atoms with van der Waals surface area (Å²) in [6.45, 7) is 0.157. The van der Waals surface area contributed by atoms with E-state index in [4.69, 9.17) is 4.74 Å². The van der Waals surface area contributed by atoms with Crippen molar-refractivity contribution in [2.24, 2.45) is 0 Å². The molecular formula is C8H7NO2. The number of ether oxygens (including phenoxy) is 1. The summed E-state index contributed by atoms with van der Waals surface area (Å²) in [5.74, 6) is 0.709. The van der Waals surface area contributed by atoms with Gasteiger partial charge in [0.2, 0.25) is 0 Å². The third kappa shape index (κ3) is 1.05. The molecule has 0 fully saturated rings. The maximum absolute atomic E-state index is 10.8. The Morgan fingerprint density at radius 1 is 1.45 bits per heavy atom. The second-order valence-corrected chi connectivity index (χ2v) is 2.33. The monoisotopic (exact) mass is 149 g/mol. The molecule has 2 heterocycles. The molecule has 0 saturated carbocycles. The first kappa shape index (κ1) is 6.22. The van der Waals surface area contributed by atoms with E-state index in [0.717, 1.165) is 0 Å². The first-order valence-electron chi connectivity index (χ1n) is 3.37. The summed E-state index contributed by atoms with van der Waals surface area (Å²) in [5, 5.41) is 10.8. The Bertz CT molecular complexity index is 307. The van der Waals surface area contributed by atoms with Crippen molar-refractivity contribution in [2.75, 3.05) is 6.61 Å². The van der Waals surface area contributed by atoms with E-state index in [1.54, 1.807) is 10.8 Å². The Kier molecular flexibility index (Phi) is 1.28. The lowest BCUT2D eigenvalue weighted by molar-refractivity contribution is -0.587. The largest absolute Gasteiger partial charge is 0.869 e. The lowest BCUT2D eigenvalue weighted by Crippen LogP contribution is -2.36. The number of hydrogen-bond donors (Lipinski definition) is 0. The highest BCUT2D eigenvalue weighted by molar-refractivity contribution is 5.19. The van der Waals surface area contributed by atoms with Gasteiger partial charge in [-0.1, -0.05) is 0 Å². The van der Waals surface area contributed by atoms with Crippen LogP contribution >= 0.6 is 0 Å². The minimum Gasteiger partial charge on any atom is -0.869 e. The predicted octanol–water partition coefficient (Wildman–Crippen LogP) is -0.475. The molecular weight excluding hydrogens is 142 g/mol. The van der Waals surface area contributed by atoms with Gasteiger partial charge in [-0.25, -0.2) is 0 Å². The topological polar surface area (TPSA) is 36.2 Å². The molecule has 0 N–H and O–H groups in total. The fraction of sp³-hybridized carbons (Fsp3) is 0.125. The van der Waals surface area contributed by atoms with Gasteiger partial charge >= 0.3 is 5.88 Å². The number of pyridine rings is 1. The molecule has 0 radical (unpaired) electrons. The fourth-order valence-corrected chi connectivity index (χ4v) is 1.01. The van der Waals surface area contributed by atoms with Crippen LogP contribution in [-0.4, -0.2) is 6.61 Å². The molecule has 56 valence electrons. The molecule has 0 amide bonds. The van der Waals surface area contributed by atoms with Crippen LogP contribution in [0, 0.1) is 0 Å². The van der Waals surface area contributed by atoms with E-state index in [9.17, 15) is 5.11 Å². The molecule has 0 atom stereocenters. The molecule has 2 rings (SSSR count). The maximum Gasteiger partial charge on any atom is 0.373 e. The second-order valence-electron chi connectivity index (χ2n) is 2.33. The van der Waals surface area contributed by atoms with Crippen LogP contribution in [0.2, 0.25) is 0 Å². The van der Waals surface area contributed by atoms with Gasteiger partial charge in [-0.3, -0.25) is 0 Å². The Hall–Kier alpha value is -1.51. The molecule has 0 spiro atoms. The molecule has 0 aromatic carbocycles. The van der Waals surface area contributed by atoms with Crippen LogP contribution in [0.15, 0.2) is 30.2 Å². The van der Waals surface area contributed by atoms with Crippen molar-refractivity contribution in [1.82, 2.24) is 0 Å². The number of fused-ring (bicyclic) bond motifs is 1. The van der Waals surface area contributed by atoms with Gasteiger partial charge in [0, 0.05) is 6.07 Å². The van der Waals surface area contributed by atoms with Crippen LogP contribution in [0.25, 0.3) is 6.20 Å². The number of rotatable bonds is 0. The number of aromatic nitrogens is 1. The van der Waals surface area contributed by atoms with Crippen LogP contribution in [0.3, 0.4) is 0 Å². The van der Waals surface area contributed by atoms with Crippen LogP contribution in [0.4, 0.5) is 0 Å². The fourth-order valence-electron chi connectivity index (χ4n) is 1.01. The third-order valence-corrected chi connectivity index (χ3v) is 1.50. The van der Waals surface area contributed by atoms with E-state index >= 15 is 0 Å². The molecule has 3 nitrogen and oxygen atoms in total. The molecule has 1 aliphatic rings. The van der Waals surface area contributed by atoms with E-state index in [1.165, 1.54) is 6.20 Å². The average molecular weight is 149 g/mol. The van der Waals surface area contributed by atoms with Crippen LogP contribution in [0.1, 0.15) is 0 Å². The van der Waals surface area contributed by atoms with Gasteiger partial charge < -0.3 is 9.84 Å². The molecule has 1 aromatic heterocycles. The number of nitrogens with zero attached hydrogens (tertiary/aromatic N) is 1. The highest BCUT2D eigenvalue weighted by Crippen LogP contribution is 2.06. The lowest BCUT2D eigenvalue weighted by atomic mass is 10.4. The Morgan fingerprint density at radius 3 is 3.27 bits per heavy atom. The summed E-state index contributed by atoms with van der Waals surface area (Å²) in [5.41, 5.74) is 0. The van der Waals surface area contributed by atoms with Crippen molar-refractivity contribution in [2.45, 2.75) is 0 Å². The molecule has 3 heteroatoms. The molecule has 1 aromatic rings. The molecule has 0 saturated heterocycles. The highest BCUT2D eigenvalue weighted by Gasteiger charge is 2.11.